The van der Waals surface area contributed by atoms with Crippen LogP contribution in [0.2, 0.25) is 0 Å². The van der Waals surface area contributed by atoms with Crippen LogP contribution in [0.4, 0.5) is 0 Å². The lowest BCUT2D eigenvalue weighted by Crippen LogP contribution is -2.50. The van der Waals surface area contributed by atoms with Crippen LogP contribution in [0, 0.1) is 0 Å². The van der Waals surface area contributed by atoms with E-state index in [1.54, 1.807) is 31.6 Å². The molecule has 1 saturated heterocycles. The first kappa shape index (κ1) is 17.2. The van der Waals surface area contributed by atoms with E-state index < -0.39 is 0 Å². The van der Waals surface area contributed by atoms with Crippen molar-refractivity contribution in [2.75, 3.05) is 40.4 Å². The number of pyridine rings is 1. The fourth-order valence-electron chi connectivity index (χ4n) is 3.05. The molecule has 0 N–H and O–H groups in total. The van der Waals surface area contributed by atoms with E-state index >= 15 is 0 Å². The molecule has 0 radical (unpaired) electrons. The first-order valence-corrected chi connectivity index (χ1v) is 8.33. The van der Waals surface area contributed by atoms with E-state index in [1.165, 1.54) is 0 Å². The van der Waals surface area contributed by atoms with E-state index in [9.17, 15) is 4.79 Å². The number of hydrogen-bond donors (Lipinski definition) is 0. The van der Waals surface area contributed by atoms with Crippen molar-refractivity contribution in [2.45, 2.75) is 6.04 Å². The summed E-state index contributed by atoms with van der Waals surface area (Å²) < 4.78 is 11.0. The largest absolute Gasteiger partial charge is 0.496 e. The minimum absolute atomic E-state index is 0.0168. The summed E-state index contributed by atoms with van der Waals surface area (Å²) in [5.41, 5.74) is 1.10. The normalized spacial score (nSPS) is 18.0. The summed E-state index contributed by atoms with van der Waals surface area (Å²) >= 11 is 0. The van der Waals surface area contributed by atoms with Gasteiger partial charge < -0.3 is 14.4 Å². The maximum absolute atomic E-state index is 12.5. The van der Waals surface area contributed by atoms with Crippen molar-refractivity contribution >= 4 is 5.91 Å². The molecule has 6 nitrogen and oxygen atoms in total. The Kier molecular flexibility index (Phi) is 5.50. The molecule has 25 heavy (non-hydrogen) atoms. The SMILES string of the molecule is COc1ccccc1[C@H]1CN(C(=O)COc2cccnc2)CCN1C. The third kappa shape index (κ3) is 4.09. The Bertz CT molecular complexity index is 708. The fourth-order valence-corrected chi connectivity index (χ4v) is 3.05. The number of nitrogens with zero attached hydrogens (tertiary/aromatic N) is 3. The molecule has 0 bridgehead atoms. The maximum Gasteiger partial charge on any atom is 0.260 e. The number of carbonyl (C=O) groups excluding carboxylic acids is 1. The average molecular weight is 341 g/mol. The molecule has 0 spiro atoms. The molecule has 1 amide bonds. The van der Waals surface area contributed by atoms with Crippen molar-refractivity contribution < 1.29 is 14.3 Å². The number of piperazine rings is 1. The Labute approximate surface area is 148 Å². The number of ether oxygens (including phenoxy) is 2. The van der Waals surface area contributed by atoms with Gasteiger partial charge in [-0.05, 0) is 25.2 Å². The van der Waals surface area contributed by atoms with E-state index in [4.69, 9.17) is 9.47 Å². The standard InChI is InChI=1S/C19H23N3O3/c1-21-10-11-22(19(23)14-25-15-6-5-9-20-12-15)13-17(21)16-7-3-4-8-18(16)24-2/h3-9,12,17H,10-11,13-14H2,1-2H3/t17-/m1/s1. The first-order valence-electron chi connectivity index (χ1n) is 8.33. The lowest BCUT2D eigenvalue weighted by molar-refractivity contribution is -0.136. The molecule has 1 aliphatic heterocycles. The quantitative estimate of drug-likeness (QED) is 0.832. The van der Waals surface area contributed by atoms with Crippen LogP contribution in [-0.4, -0.2) is 61.1 Å². The molecule has 0 saturated carbocycles. The van der Waals surface area contributed by atoms with E-state index in [1.807, 2.05) is 23.1 Å². The Morgan fingerprint density at radius 2 is 2.08 bits per heavy atom. The van der Waals surface area contributed by atoms with Crippen molar-refractivity contribution in [1.29, 1.82) is 0 Å². The molecule has 3 rings (SSSR count). The van der Waals surface area contributed by atoms with Crippen molar-refractivity contribution in [3.8, 4) is 11.5 Å². The zero-order chi connectivity index (χ0) is 17.6. The van der Waals surface area contributed by atoms with Crippen molar-refractivity contribution in [3.63, 3.8) is 0 Å². The molecule has 1 atom stereocenters. The number of benzene rings is 1. The third-order valence-corrected chi connectivity index (χ3v) is 4.50. The molecule has 1 fully saturated rings. The number of para-hydroxylation sites is 1. The molecule has 1 aliphatic rings. The molecular formula is C19H23N3O3. The summed E-state index contributed by atoms with van der Waals surface area (Å²) in [6, 6.07) is 11.6. The molecule has 0 aliphatic carbocycles. The van der Waals surface area contributed by atoms with Gasteiger partial charge in [0.05, 0.1) is 19.3 Å². The number of aromatic nitrogens is 1. The second-order valence-corrected chi connectivity index (χ2v) is 6.06. The van der Waals surface area contributed by atoms with E-state index in [-0.39, 0.29) is 18.6 Å². The summed E-state index contributed by atoms with van der Waals surface area (Å²) in [4.78, 5) is 20.6. The minimum Gasteiger partial charge on any atom is -0.496 e. The average Bonchev–Trinajstić information content (AvgIpc) is 2.67. The Morgan fingerprint density at radius 1 is 1.24 bits per heavy atom. The molecule has 0 unspecified atom stereocenters. The Hall–Kier alpha value is -2.60. The van der Waals surface area contributed by atoms with E-state index in [2.05, 4.69) is 23.0 Å². The van der Waals surface area contributed by atoms with Crippen LogP contribution in [0.15, 0.2) is 48.8 Å². The second kappa shape index (κ2) is 7.98. The fraction of sp³-hybridized carbons (Fsp3) is 0.368. The monoisotopic (exact) mass is 341 g/mol. The van der Waals surface area contributed by atoms with Gasteiger partial charge in [-0.1, -0.05) is 18.2 Å². The van der Waals surface area contributed by atoms with Gasteiger partial charge in [-0.25, -0.2) is 0 Å². The van der Waals surface area contributed by atoms with E-state index in [0.29, 0.717) is 18.8 Å². The number of hydrogen-bond acceptors (Lipinski definition) is 5. The second-order valence-electron chi connectivity index (χ2n) is 6.06. The molecule has 2 aromatic rings. The zero-order valence-corrected chi connectivity index (χ0v) is 14.6. The minimum atomic E-state index is -0.0168. The molecule has 1 aromatic heterocycles. The van der Waals surface area contributed by atoms with Gasteiger partial charge >= 0.3 is 0 Å². The highest BCUT2D eigenvalue weighted by Crippen LogP contribution is 2.31. The molecule has 132 valence electrons. The first-order chi connectivity index (χ1) is 12.2. The van der Waals surface area contributed by atoms with Gasteiger partial charge in [0.2, 0.25) is 0 Å². The molecular weight excluding hydrogens is 318 g/mol. The topological polar surface area (TPSA) is 54.9 Å². The summed E-state index contributed by atoms with van der Waals surface area (Å²) in [6.07, 6.45) is 3.28. The van der Waals surface area contributed by atoms with Crippen LogP contribution in [0.3, 0.4) is 0 Å². The van der Waals surface area contributed by atoms with Gasteiger partial charge in [-0.3, -0.25) is 14.7 Å². The van der Waals surface area contributed by atoms with Crippen LogP contribution < -0.4 is 9.47 Å². The van der Waals surface area contributed by atoms with E-state index in [0.717, 1.165) is 17.9 Å². The predicted octanol–water partition coefficient (Wildman–Crippen LogP) is 1.98. The van der Waals surface area contributed by atoms with Crippen LogP contribution in [0.1, 0.15) is 11.6 Å². The van der Waals surface area contributed by atoms with Crippen molar-refractivity contribution in [1.82, 2.24) is 14.8 Å². The van der Waals surface area contributed by atoms with Crippen LogP contribution >= 0.6 is 0 Å². The van der Waals surface area contributed by atoms with Gasteiger partial charge in [0.15, 0.2) is 6.61 Å². The van der Waals surface area contributed by atoms with Crippen molar-refractivity contribution in [3.05, 3.63) is 54.4 Å². The van der Waals surface area contributed by atoms with Gasteiger partial charge in [0.25, 0.3) is 5.91 Å². The summed E-state index contributed by atoms with van der Waals surface area (Å²) in [6.45, 7) is 2.14. The predicted molar refractivity (Wildman–Crippen MR) is 94.7 cm³/mol. The van der Waals surface area contributed by atoms with Crippen LogP contribution in [0.5, 0.6) is 11.5 Å². The third-order valence-electron chi connectivity index (χ3n) is 4.50. The van der Waals surface area contributed by atoms with Gasteiger partial charge in [-0.15, -0.1) is 0 Å². The highest BCUT2D eigenvalue weighted by molar-refractivity contribution is 5.78. The van der Waals surface area contributed by atoms with Crippen molar-refractivity contribution in [2.24, 2.45) is 0 Å². The lowest BCUT2D eigenvalue weighted by Gasteiger charge is -2.40. The number of amides is 1. The molecule has 1 aromatic carbocycles. The number of likely N-dealkylation sites (N-methyl/N-ethyl adjacent to an activating group) is 1. The molecule has 2 heterocycles. The number of rotatable bonds is 5. The Morgan fingerprint density at radius 3 is 2.84 bits per heavy atom. The summed E-state index contributed by atoms with van der Waals surface area (Å²) in [7, 11) is 3.75. The summed E-state index contributed by atoms with van der Waals surface area (Å²) in [5.74, 6) is 1.43. The highest BCUT2D eigenvalue weighted by atomic mass is 16.5. The number of methoxy groups -OCH3 is 1. The Balaban J connectivity index is 1.66. The van der Waals surface area contributed by atoms with Crippen LogP contribution in [0.25, 0.3) is 0 Å². The lowest BCUT2D eigenvalue weighted by atomic mass is 10.0. The van der Waals surface area contributed by atoms with Gasteiger partial charge in [-0.2, -0.15) is 0 Å². The number of carbonyl (C=O) groups is 1. The van der Waals surface area contributed by atoms with Gasteiger partial charge in [0.1, 0.15) is 11.5 Å². The maximum atomic E-state index is 12.5. The zero-order valence-electron chi connectivity index (χ0n) is 14.6. The smallest absolute Gasteiger partial charge is 0.260 e. The highest BCUT2D eigenvalue weighted by Gasteiger charge is 2.30. The van der Waals surface area contributed by atoms with Crippen LogP contribution in [-0.2, 0) is 4.79 Å². The van der Waals surface area contributed by atoms with Gasteiger partial charge in [0, 0.05) is 31.4 Å². The molecule has 6 heteroatoms. The summed E-state index contributed by atoms with van der Waals surface area (Å²) in [5, 5.41) is 0.